The van der Waals surface area contributed by atoms with Gasteiger partial charge in [-0.2, -0.15) is 4.31 Å². The number of nitrogens with one attached hydrogen (secondary N) is 1. The van der Waals surface area contributed by atoms with Gasteiger partial charge in [-0.15, -0.1) is 11.3 Å². The molecular weight excluding hydrogens is 496 g/mol. The lowest BCUT2D eigenvalue weighted by Crippen LogP contribution is -2.32. The first-order chi connectivity index (χ1) is 17.1. The Labute approximate surface area is 219 Å². The second-order valence-corrected chi connectivity index (χ2v) is 12.3. The minimum Gasteiger partial charge on any atom is -0.345 e. The summed E-state index contributed by atoms with van der Waals surface area (Å²) >= 11 is 1.46. The molecule has 0 saturated carbocycles. The molecule has 1 aliphatic rings. The molecule has 0 saturated heterocycles. The summed E-state index contributed by atoms with van der Waals surface area (Å²) in [6.07, 6.45) is 3.54. The van der Waals surface area contributed by atoms with Crippen LogP contribution in [0.4, 0.5) is 5.00 Å². The molecule has 1 aromatic carbocycles. The van der Waals surface area contributed by atoms with Crippen LogP contribution in [0.25, 0.3) is 0 Å². The van der Waals surface area contributed by atoms with E-state index in [0.29, 0.717) is 29.2 Å². The maximum absolute atomic E-state index is 13.1. The maximum atomic E-state index is 13.1. The summed E-state index contributed by atoms with van der Waals surface area (Å²) in [6.45, 7) is 9.53. The van der Waals surface area contributed by atoms with E-state index in [9.17, 15) is 18.0 Å². The molecule has 1 aliphatic heterocycles. The van der Waals surface area contributed by atoms with Crippen LogP contribution < -0.4 is 5.32 Å². The first-order valence-corrected chi connectivity index (χ1v) is 14.9. The number of hydrogen-bond acceptors (Lipinski definition) is 6. The van der Waals surface area contributed by atoms with E-state index in [1.807, 2.05) is 13.8 Å². The number of nitrogens with zero attached hydrogens (tertiary/aromatic N) is 3. The summed E-state index contributed by atoms with van der Waals surface area (Å²) in [5, 5.41) is 3.49. The highest BCUT2D eigenvalue weighted by Crippen LogP contribution is 2.38. The van der Waals surface area contributed by atoms with Crippen LogP contribution in [-0.4, -0.2) is 74.6 Å². The van der Waals surface area contributed by atoms with Crippen LogP contribution in [0.15, 0.2) is 29.2 Å². The SMILES string of the molecule is CCCCN(CC)S(=O)(=O)c1ccc(C(=O)Nc2sc3c(c2C(=O)N(C)C)CCN(CCC)C3)cc1. The Morgan fingerprint density at radius 2 is 1.78 bits per heavy atom. The Hall–Kier alpha value is -2.27. The quantitative estimate of drug-likeness (QED) is 0.465. The van der Waals surface area contributed by atoms with Crippen molar-refractivity contribution in [3.8, 4) is 0 Å². The van der Waals surface area contributed by atoms with Crippen LogP contribution in [0.1, 0.15) is 71.2 Å². The van der Waals surface area contributed by atoms with Gasteiger partial charge in [-0.3, -0.25) is 14.5 Å². The third-order valence-corrected chi connectivity index (χ3v) is 9.51. The molecule has 0 spiro atoms. The van der Waals surface area contributed by atoms with Crippen molar-refractivity contribution in [2.45, 2.75) is 57.9 Å². The summed E-state index contributed by atoms with van der Waals surface area (Å²) in [6, 6.07) is 6.01. The first kappa shape index (κ1) is 28.3. The van der Waals surface area contributed by atoms with Gasteiger partial charge in [-0.25, -0.2) is 8.42 Å². The van der Waals surface area contributed by atoms with E-state index in [4.69, 9.17) is 0 Å². The summed E-state index contributed by atoms with van der Waals surface area (Å²) in [5.41, 5.74) is 1.93. The van der Waals surface area contributed by atoms with Gasteiger partial charge < -0.3 is 10.2 Å². The molecule has 1 aromatic heterocycles. The van der Waals surface area contributed by atoms with Gasteiger partial charge >= 0.3 is 0 Å². The average molecular weight is 535 g/mol. The van der Waals surface area contributed by atoms with Crippen molar-refractivity contribution in [1.29, 1.82) is 0 Å². The highest BCUT2D eigenvalue weighted by Gasteiger charge is 2.29. The third kappa shape index (κ3) is 6.16. The van der Waals surface area contributed by atoms with E-state index < -0.39 is 10.0 Å². The fourth-order valence-corrected chi connectivity index (χ4v) is 7.15. The molecular formula is C26H38N4O4S2. The van der Waals surface area contributed by atoms with Crippen molar-refractivity contribution < 1.29 is 18.0 Å². The van der Waals surface area contributed by atoms with Crippen molar-refractivity contribution >= 4 is 38.2 Å². The fraction of sp³-hybridized carbons (Fsp3) is 0.538. The monoisotopic (exact) mass is 534 g/mol. The van der Waals surface area contributed by atoms with E-state index in [2.05, 4.69) is 17.1 Å². The molecule has 0 unspecified atom stereocenters. The molecule has 198 valence electrons. The van der Waals surface area contributed by atoms with Crippen LogP contribution >= 0.6 is 11.3 Å². The largest absolute Gasteiger partial charge is 0.345 e. The van der Waals surface area contributed by atoms with Gasteiger partial charge in [-0.1, -0.05) is 27.2 Å². The number of carbonyl (C=O) groups is 2. The Bertz CT molecular complexity index is 1170. The lowest BCUT2D eigenvalue weighted by Gasteiger charge is -2.26. The van der Waals surface area contributed by atoms with E-state index in [1.165, 1.54) is 44.8 Å². The molecule has 2 heterocycles. The highest BCUT2D eigenvalue weighted by molar-refractivity contribution is 7.89. The zero-order valence-corrected chi connectivity index (χ0v) is 23.6. The number of fused-ring (bicyclic) bond motifs is 1. The second kappa shape index (κ2) is 12.3. The number of benzene rings is 1. The molecule has 0 fully saturated rings. The molecule has 8 nitrogen and oxygen atoms in total. The number of rotatable bonds is 11. The summed E-state index contributed by atoms with van der Waals surface area (Å²) < 4.78 is 27.4. The number of sulfonamides is 1. The third-order valence-electron chi connectivity index (χ3n) is 6.39. The molecule has 36 heavy (non-hydrogen) atoms. The number of hydrogen-bond donors (Lipinski definition) is 1. The average Bonchev–Trinajstić information content (AvgIpc) is 3.20. The van der Waals surface area contributed by atoms with E-state index in [1.54, 1.807) is 14.1 Å². The molecule has 0 bridgehead atoms. The number of amides is 2. The Balaban J connectivity index is 1.84. The standard InChI is InChI=1S/C26H38N4O4S2/c1-6-9-16-30(8-3)36(33,34)20-12-10-19(11-13-20)24(31)27-25-23(26(32)28(4)5)21-14-17-29(15-7-2)18-22(21)35-25/h10-13H,6-9,14-18H2,1-5H3,(H,27,31). The highest BCUT2D eigenvalue weighted by atomic mass is 32.2. The molecule has 10 heteroatoms. The van der Waals surface area contributed by atoms with Gasteiger partial charge in [0.15, 0.2) is 0 Å². The Morgan fingerprint density at radius 1 is 1.08 bits per heavy atom. The predicted octanol–water partition coefficient (Wildman–Crippen LogP) is 4.28. The summed E-state index contributed by atoms with van der Waals surface area (Å²) in [5.74, 6) is -0.492. The summed E-state index contributed by atoms with van der Waals surface area (Å²) in [7, 11) is -0.192. The van der Waals surface area contributed by atoms with Crippen molar-refractivity contribution in [2.24, 2.45) is 0 Å². The van der Waals surface area contributed by atoms with Crippen molar-refractivity contribution in [1.82, 2.24) is 14.1 Å². The summed E-state index contributed by atoms with van der Waals surface area (Å²) in [4.78, 5) is 31.4. The van der Waals surface area contributed by atoms with Crippen molar-refractivity contribution in [3.63, 3.8) is 0 Å². The molecule has 2 amide bonds. The molecule has 0 aliphatic carbocycles. The van der Waals surface area contributed by atoms with Crippen LogP contribution in [-0.2, 0) is 23.0 Å². The molecule has 1 N–H and O–H groups in total. The minimum absolute atomic E-state index is 0.125. The molecule has 0 atom stereocenters. The number of carbonyl (C=O) groups excluding carboxylic acids is 2. The Morgan fingerprint density at radius 3 is 2.36 bits per heavy atom. The zero-order chi connectivity index (χ0) is 26.5. The lowest BCUT2D eigenvalue weighted by molar-refractivity contribution is 0.0827. The predicted molar refractivity (Wildman–Crippen MR) is 145 cm³/mol. The molecule has 3 rings (SSSR count). The molecule has 2 aromatic rings. The van der Waals surface area contributed by atoms with Gasteiger partial charge in [0, 0.05) is 50.7 Å². The van der Waals surface area contributed by atoms with E-state index >= 15 is 0 Å². The zero-order valence-electron chi connectivity index (χ0n) is 22.0. The van der Waals surface area contributed by atoms with Crippen molar-refractivity contribution in [3.05, 3.63) is 45.8 Å². The second-order valence-electron chi connectivity index (χ2n) is 9.26. The van der Waals surface area contributed by atoms with Crippen LogP contribution in [0, 0.1) is 0 Å². The minimum atomic E-state index is -3.62. The normalized spacial score (nSPS) is 14.1. The van der Waals surface area contributed by atoms with E-state index in [0.717, 1.165) is 55.8 Å². The van der Waals surface area contributed by atoms with Crippen molar-refractivity contribution in [2.75, 3.05) is 45.6 Å². The van der Waals surface area contributed by atoms with Crippen LogP contribution in [0.3, 0.4) is 0 Å². The molecule has 0 radical (unpaired) electrons. The van der Waals surface area contributed by atoms with Crippen LogP contribution in [0.5, 0.6) is 0 Å². The number of unbranched alkanes of at least 4 members (excludes halogenated alkanes) is 1. The smallest absolute Gasteiger partial charge is 0.256 e. The van der Waals surface area contributed by atoms with Crippen LogP contribution in [0.2, 0.25) is 0 Å². The fourth-order valence-electron chi connectivity index (χ4n) is 4.39. The lowest BCUT2D eigenvalue weighted by atomic mass is 10.0. The number of anilines is 1. The van der Waals surface area contributed by atoms with Gasteiger partial charge in [0.25, 0.3) is 11.8 Å². The number of thiophene rings is 1. The van der Waals surface area contributed by atoms with Gasteiger partial charge in [0.1, 0.15) is 5.00 Å². The van der Waals surface area contributed by atoms with Gasteiger partial charge in [-0.05, 0) is 55.6 Å². The van der Waals surface area contributed by atoms with E-state index in [-0.39, 0.29) is 16.7 Å². The Kier molecular flexibility index (Phi) is 9.68. The topological polar surface area (TPSA) is 90.0 Å². The van der Waals surface area contributed by atoms with Gasteiger partial charge in [0.05, 0.1) is 10.5 Å². The van der Waals surface area contributed by atoms with Gasteiger partial charge in [0.2, 0.25) is 10.0 Å². The maximum Gasteiger partial charge on any atom is 0.256 e. The first-order valence-electron chi connectivity index (χ1n) is 12.6.